The van der Waals surface area contributed by atoms with Gasteiger partial charge in [0.15, 0.2) is 0 Å². The van der Waals surface area contributed by atoms with Crippen molar-refractivity contribution in [1.29, 1.82) is 0 Å². The van der Waals surface area contributed by atoms with E-state index in [0.717, 1.165) is 25.2 Å². The molecule has 0 saturated heterocycles. The zero-order valence-corrected chi connectivity index (χ0v) is 11.7. The van der Waals surface area contributed by atoms with Gasteiger partial charge >= 0.3 is 0 Å². The monoisotopic (exact) mass is 258 g/mol. The van der Waals surface area contributed by atoms with Gasteiger partial charge in [-0.15, -0.1) is 0 Å². The number of rotatable bonds is 4. The molecule has 2 heteroatoms. The summed E-state index contributed by atoms with van der Waals surface area (Å²) in [6, 6.07) is 17.6. The van der Waals surface area contributed by atoms with Crippen molar-refractivity contribution >= 4 is 0 Å². The Morgan fingerprint density at radius 3 is 1.95 bits per heavy atom. The van der Waals surface area contributed by atoms with Gasteiger partial charge in [-0.05, 0) is 31.0 Å². The van der Waals surface area contributed by atoms with Gasteiger partial charge in [0.05, 0.1) is 0 Å². The predicted molar refractivity (Wildman–Crippen MR) is 79.5 cm³/mol. The number of phenols is 1. The zero-order chi connectivity index (χ0) is 13.9. The fraction of sp³-hybridized carbons (Fsp3) is 0.294. The summed E-state index contributed by atoms with van der Waals surface area (Å²) >= 11 is 0. The molecule has 0 heterocycles. The van der Waals surface area contributed by atoms with Gasteiger partial charge in [-0.3, -0.25) is 0 Å². The van der Waals surface area contributed by atoms with Crippen molar-refractivity contribution in [2.75, 3.05) is 13.2 Å². The van der Waals surface area contributed by atoms with Crippen molar-refractivity contribution in [3.8, 4) is 5.75 Å². The van der Waals surface area contributed by atoms with Gasteiger partial charge in [0.1, 0.15) is 5.75 Å². The Morgan fingerprint density at radius 1 is 0.842 bits per heavy atom. The minimum atomic E-state index is 0.372. The third-order valence-electron chi connectivity index (χ3n) is 2.64. The lowest BCUT2D eigenvalue weighted by Gasteiger charge is -2.03. The van der Waals surface area contributed by atoms with Crippen LogP contribution in [-0.4, -0.2) is 18.3 Å². The molecule has 0 radical (unpaired) electrons. The van der Waals surface area contributed by atoms with E-state index in [1.54, 1.807) is 6.07 Å². The molecule has 0 saturated carbocycles. The van der Waals surface area contributed by atoms with Crippen LogP contribution in [0.25, 0.3) is 0 Å². The number of benzene rings is 2. The Bertz CT molecular complexity index is 450. The highest BCUT2D eigenvalue weighted by atomic mass is 16.5. The molecule has 0 atom stereocenters. The first-order valence-corrected chi connectivity index (χ1v) is 6.66. The molecule has 2 rings (SSSR count). The average Bonchev–Trinajstić information content (AvgIpc) is 2.44. The maximum atomic E-state index is 9.57. The van der Waals surface area contributed by atoms with Gasteiger partial charge < -0.3 is 9.84 Å². The predicted octanol–water partition coefficient (Wildman–Crippen LogP) is 4.03. The Labute approximate surface area is 115 Å². The highest BCUT2D eigenvalue weighted by Crippen LogP contribution is 2.19. The summed E-state index contributed by atoms with van der Waals surface area (Å²) < 4.78 is 4.83. The topological polar surface area (TPSA) is 29.5 Å². The van der Waals surface area contributed by atoms with Gasteiger partial charge in [-0.2, -0.15) is 0 Å². The molecule has 0 bridgehead atoms. The second-order valence-corrected chi connectivity index (χ2v) is 4.07. The fourth-order valence-electron chi connectivity index (χ4n) is 1.68. The molecule has 2 nitrogen and oxygen atoms in total. The van der Waals surface area contributed by atoms with E-state index in [2.05, 4.69) is 12.1 Å². The summed E-state index contributed by atoms with van der Waals surface area (Å²) in [4.78, 5) is 0. The summed E-state index contributed by atoms with van der Waals surface area (Å²) in [5, 5.41) is 9.57. The van der Waals surface area contributed by atoms with Crippen LogP contribution in [0.2, 0.25) is 0 Å². The van der Waals surface area contributed by atoms with E-state index < -0.39 is 0 Å². The first-order valence-electron chi connectivity index (χ1n) is 6.66. The first-order chi connectivity index (χ1) is 9.27. The molecule has 2 aromatic carbocycles. The van der Waals surface area contributed by atoms with Crippen LogP contribution < -0.4 is 0 Å². The molecular formula is C17H22O2. The standard InChI is InChI=1S/C13H12O.C4H10O/c14-13-9-5-4-8-12(13)10-11-6-2-1-3-7-11;1-3-5-4-2/h1-9,14H,10H2;3-4H2,1-2H3. The zero-order valence-electron chi connectivity index (χ0n) is 11.7. The molecule has 2 aromatic rings. The third kappa shape index (κ3) is 6.07. The summed E-state index contributed by atoms with van der Waals surface area (Å²) in [5.41, 5.74) is 2.19. The number of hydrogen-bond donors (Lipinski definition) is 1. The highest BCUT2D eigenvalue weighted by molar-refractivity contribution is 5.36. The fourth-order valence-corrected chi connectivity index (χ4v) is 1.68. The Kier molecular flexibility index (Phi) is 7.37. The lowest BCUT2D eigenvalue weighted by molar-refractivity contribution is 0.162. The van der Waals surface area contributed by atoms with Gasteiger partial charge in [0.2, 0.25) is 0 Å². The van der Waals surface area contributed by atoms with Crippen LogP contribution >= 0.6 is 0 Å². The lowest BCUT2D eigenvalue weighted by atomic mass is 10.0. The maximum absolute atomic E-state index is 9.57. The van der Waals surface area contributed by atoms with Crippen LogP contribution in [0, 0.1) is 0 Å². The van der Waals surface area contributed by atoms with Gasteiger partial charge in [0.25, 0.3) is 0 Å². The van der Waals surface area contributed by atoms with Crippen molar-refractivity contribution in [2.24, 2.45) is 0 Å². The molecule has 0 spiro atoms. The van der Waals surface area contributed by atoms with E-state index in [9.17, 15) is 5.11 Å². The smallest absolute Gasteiger partial charge is 0.119 e. The SMILES string of the molecule is CCOCC.Oc1ccccc1Cc1ccccc1. The van der Waals surface area contributed by atoms with E-state index in [1.165, 1.54) is 5.56 Å². The van der Waals surface area contributed by atoms with Crippen molar-refractivity contribution in [1.82, 2.24) is 0 Å². The van der Waals surface area contributed by atoms with E-state index in [1.807, 2.05) is 50.2 Å². The third-order valence-corrected chi connectivity index (χ3v) is 2.64. The molecule has 0 amide bonds. The summed E-state index contributed by atoms with van der Waals surface area (Å²) in [6.45, 7) is 5.67. The van der Waals surface area contributed by atoms with Crippen molar-refractivity contribution in [3.63, 3.8) is 0 Å². The summed E-state index contributed by atoms with van der Waals surface area (Å²) in [5.74, 6) is 0.372. The van der Waals surface area contributed by atoms with Gasteiger partial charge in [-0.1, -0.05) is 48.5 Å². The lowest BCUT2D eigenvalue weighted by Crippen LogP contribution is -1.87. The molecule has 0 aliphatic heterocycles. The van der Waals surface area contributed by atoms with Crippen LogP contribution in [0.4, 0.5) is 0 Å². The number of ether oxygens (including phenoxy) is 1. The number of aromatic hydroxyl groups is 1. The Morgan fingerprint density at radius 2 is 1.42 bits per heavy atom. The highest BCUT2D eigenvalue weighted by Gasteiger charge is 1.99. The van der Waals surface area contributed by atoms with Crippen LogP contribution in [-0.2, 0) is 11.2 Å². The molecule has 0 aromatic heterocycles. The average molecular weight is 258 g/mol. The van der Waals surface area contributed by atoms with Crippen LogP contribution in [0.1, 0.15) is 25.0 Å². The quantitative estimate of drug-likeness (QED) is 0.897. The minimum absolute atomic E-state index is 0.372. The Balaban J connectivity index is 0.000000312. The molecule has 19 heavy (non-hydrogen) atoms. The van der Waals surface area contributed by atoms with Crippen molar-refractivity contribution in [3.05, 3.63) is 65.7 Å². The number of phenolic OH excluding ortho intramolecular Hbond substituents is 1. The van der Waals surface area contributed by atoms with Gasteiger partial charge in [0, 0.05) is 19.6 Å². The minimum Gasteiger partial charge on any atom is -0.508 e. The van der Waals surface area contributed by atoms with E-state index in [-0.39, 0.29) is 0 Å². The number of para-hydroxylation sites is 1. The second kappa shape index (κ2) is 9.17. The molecule has 102 valence electrons. The molecule has 0 aliphatic carbocycles. The first kappa shape index (κ1) is 15.3. The molecular weight excluding hydrogens is 236 g/mol. The molecule has 0 aliphatic rings. The number of hydrogen-bond acceptors (Lipinski definition) is 2. The van der Waals surface area contributed by atoms with Crippen molar-refractivity contribution in [2.45, 2.75) is 20.3 Å². The maximum Gasteiger partial charge on any atom is 0.119 e. The molecule has 0 unspecified atom stereocenters. The summed E-state index contributed by atoms with van der Waals surface area (Å²) in [6.07, 6.45) is 0.785. The van der Waals surface area contributed by atoms with E-state index >= 15 is 0 Å². The van der Waals surface area contributed by atoms with E-state index in [4.69, 9.17) is 4.74 Å². The largest absolute Gasteiger partial charge is 0.508 e. The van der Waals surface area contributed by atoms with Crippen molar-refractivity contribution < 1.29 is 9.84 Å². The molecule has 0 fully saturated rings. The molecule has 1 N–H and O–H groups in total. The van der Waals surface area contributed by atoms with Gasteiger partial charge in [-0.25, -0.2) is 0 Å². The summed E-state index contributed by atoms with van der Waals surface area (Å²) in [7, 11) is 0. The second-order valence-electron chi connectivity index (χ2n) is 4.07. The van der Waals surface area contributed by atoms with Crippen LogP contribution in [0.5, 0.6) is 5.75 Å². The van der Waals surface area contributed by atoms with Crippen LogP contribution in [0.15, 0.2) is 54.6 Å². The normalized spacial score (nSPS) is 9.58. The van der Waals surface area contributed by atoms with Crippen LogP contribution in [0.3, 0.4) is 0 Å². The van der Waals surface area contributed by atoms with E-state index in [0.29, 0.717) is 5.75 Å². The Hall–Kier alpha value is -1.80.